The zero-order valence-electron chi connectivity index (χ0n) is 7.73. The lowest BCUT2D eigenvalue weighted by atomic mass is 10.1. The van der Waals surface area contributed by atoms with Gasteiger partial charge in [0.2, 0.25) is 5.91 Å². The summed E-state index contributed by atoms with van der Waals surface area (Å²) >= 11 is 5.88. The summed E-state index contributed by atoms with van der Waals surface area (Å²) in [5.41, 5.74) is 1.85. The molecule has 0 saturated carbocycles. The second-order valence-electron chi connectivity index (χ2n) is 2.85. The largest absolute Gasteiger partial charge is 0.325 e. The molecule has 0 spiro atoms. The van der Waals surface area contributed by atoms with Crippen LogP contribution in [0.1, 0.15) is 19.4 Å². The molecule has 0 unspecified atom stereocenters. The molecular formula is C10H12ClNO. The van der Waals surface area contributed by atoms with Crippen LogP contribution in [0.25, 0.3) is 0 Å². The maximum atomic E-state index is 10.8. The highest BCUT2D eigenvalue weighted by atomic mass is 35.5. The van der Waals surface area contributed by atoms with Gasteiger partial charge in [-0.05, 0) is 24.1 Å². The van der Waals surface area contributed by atoms with Crippen LogP contribution in [0.2, 0.25) is 5.02 Å². The van der Waals surface area contributed by atoms with Crippen LogP contribution in [-0.4, -0.2) is 5.91 Å². The first kappa shape index (κ1) is 10.1. The van der Waals surface area contributed by atoms with Gasteiger partial charge in [-0.2, -0.15) is 0 Å². The van der Waals surface area contributed by atoms with Crippen LogP contribution in [0.4, 0.5) is 5.69 Å². The van der Waals surface area contributed by atoms with E-state index in [0.29, 0.717) is 10.7 Å². The molecule has 2 nitrogen and oxygen atoms in total. The van der Waals surface area contributed by atoms with E-state index in [9.17, 15) is 4.79 Å². The molecule has 1 aromatic carbocycles. The average Bonchev–Trinajstić information content (AvgIpc) is 2.08. The number of benzene rings is 1. The Morgan fingerprint density at radius 3 is 2.77 bits per heavy atom. The summed E-state index contributed by atoms with van der Waals surface area (Å²) in [5, 5.41) is 3.25. The van der Waals surface area contributed by atoms with E-state index in [2.05, 4.69) is 12.2 Å². The quantitative estimate of drug-likeness (QED) is 0.776. The van der Waals surface area contributed by atoms with Crippen molar-refractivity contribution in [2.75, 3.05) is 5.32 Å². The zero-order chi connectivity index (χ0) is 9.84. The fourth-order valence-electron chi connectivity index (χ4n) is 1.08. The number of anilines is 1. The molecule has 1 amide bonds. The van der Waals surface area contributed by atoms with Gasteiger partial charge in [0.25, 0.3) is 0 Å². The fourth-order valence-corrected chi connectivity index (χ4v) is 1.24. The summed E-state index contributed by atoms with van der Waals surface area (Å²) < 4.78 is 0. The van der Waals surface area contributed by atoms with Gasteiger partial charge in [0, 0.05) is 6.92 Å². The number of halogens is 1. The Morgan fingerprint density at radius 2 is 2.23 bits per heavy atom. The van der Waals surface area contributed by atoms with Gasteiger partial charge in [0.05, 0.1) is 10.7 Å². The number of carbonyl (C=O) groups excluding carboxylic acids is 1. The second kappa shape index (κ2) is 4.28. The van der Waals surface area contributed by atoms with Crippen LogP contribution >= 0.6 is 11.6 Å². The number of hydrogen-bond acceptors (Lipinski definition) is 1. The van der Waals surface area contributed by atoms with Crippen molar-refractivity contribution < 1.29 is 4.79 Å². The number of amides is 1. The average molecular weight is 198 g/mol. The van der Waals surface area contributed by atoms with Crippen molar-refractivity contribution >= 4 is 23.2 Å². The molecule has 1 N–H and O–H groups in total. The Labute approximate surface area is 82.9 Å². The van der Waals surface area contributed by atoms with E-state index in [1.165, 1.54) is 6.92 Å². The highest BCUT2D eigenvalue weighted by Gasteiger charge is 2.02. The van der Waals surface area contributed by atoms with Crippen LogP contribution in [0, 0.1) is 0 Å². The van der Waals surface area contributed by atoms with Gasteiger partial charge in [0.1, 0.15) is 0 Å². The standard InChI is InChI=1S/C10H12ClNO/c1-3-8-4-5-9(11)10(6-8)12-7(2)13/h4-6H,3H2,1-2H3,(H,12,13). The number of hydrogen-bond donors (Lipinski definition) is 1. The lowest BCUT2D eigenvalue weighted by molar-refractivity contribution is -0.114. The lowest BCUT2D eigenvalue weighted by Gasteiger charge is -2.06. The highest BCUT2D eigenvalue weighted by molar-refractivity contribution is 6.33. The van der Waals surface area contributed by atoms with Crippen molar-refractivity contribution in [3.05, 3.63) is 28.8 Å². The summed E-state index contributed by atoms with van der Waals surface area (Å²) in [6.07, 6.45) is 0.934. The highest BCUT2D eigenvalue weighted by Crippen LogP contribution is 2.23. The Morgan fingerprint density at radius 1 is 1.54 bits per heavy atom. The maximum absolute atomic E-state index is 10.8. The lowest BCUT2D eigenvalue weighted by Crippen LogP contribution is -2.06. The van der Waals surface area contributed by atoms with E-state index < -0.39 is 0 Å². The third kappa shape index (κ3) is 2.74. The van der Waals surface area contributed by atoms with E-state index in [1.54, 1.807) is 6.07 Å². The van der Waals surface area contributed by atoms with Crippen molar-refractivity contribution in [2.24, 2.45) is 0 Å². The van der Waals surface area contributed by atoms with Gasteiger partial charge in [-0.3, -0.25) is 4.79 Å². The topological polar surface area (TPSA) is 29.1 Å². The second-order valence-corrected chi connectivity index (χ2v) is 3.26. The van der Waals surface area contributed by atoms with Crippen molar-refractivity contribution in [1.29, 1.82) is 0 Å². The summed E-state index contributed by atoms with van der Waals surface area (Å²) in [4.78, 5) is 10.8. The van der Waals surface area contributed by atoms with E-state index in [4.69, 9.17) is 11.6 Å². The minimum absolute atomic E-state index is 0.102. The van der Waals surface area contributed by atoms with Crippen molar-refractivity contribution in [1.82, 2.24) is 0 Å². The Bertz CT molecular complexity index is 323. The molecule has 0 bridgehead atoms. The minimum Gasteiger partial charge on any atom is -0.325 e. The Kier molecular flexibility index (Phi) is 3.32. The van der Waals surface area contributed by atoms with E-state index in [0.717, 1.165) is 12.0 Å². The molecule has 0 aliphatic rings. The Balaban J connectivity index is 2.96. The normalized spacial score (nSPS) is 9.77. The van der Waals surface area contributed by atoms with Gasteiger partial charge >= 0.3 is 0 Å². The van der Waals surface area contributed by atoms with Crippen LogP contribution in [0.3, 0.4) is 0 Å². The molecule has 0 aromatic heterocycles. The first-order valence-corrected chi connectivity index (χ1v) is 4.57. The summed E-state index contributed by atoms with van der Waals surface area (Å²) in [6, 6.07) is 5.64. The molecule has 0 aliphatic heterocycles. The van der Waals surface area contributed by atoms with Crippen LogP contribution in [-0.2, 0) is 11.2 Å². The van der Waals surface area contributed by atoms with Crippen LogP contribution < -0.4 is 5.32 Å². The maximum Gasteiger partial charge on any atom is 0.221 e. The van der Waals surface area contributed by atoms with Gasteiger partial charge < -0.3 is 5.32 Å². The third-order valence-electron chi connectivity index (χ3n) is 1.75. The molecule has 0 heterocycles. The summed E-state index contributed by atoms with van der Waals surface area (Å²) in [5.74, 6) is -0.102. The molecular weight excluding hydrogens is 186 g/mol. The SMILES string of the molecule is CCc1ccc(Cl)c(NC(C)=O)c1. The third-order valence-corrected chi connectivity index (χ3v) is 2.08. The van der Waals surface area contributed by atoms with E-state index in [-0.39, 0.29) is 5.91 Å². The number of aryl methyl sites for hydroxylation is 1. The summed E-state index contributed by atoms with van der Waals surface area (Å²) in [7, 11) is 0. The molecule has 0 saturated heterocycles. The predicted molar refractivity (Wildman–Crippen MR) is 55.1 cm³/mol. The van der Waals surface area contributed by atoms with Gasteiger partial charge in [-0.1, -0.05) is 24.6 Å². The van der Waals surface area contributed by atoms with Crippen LogP contribution in [0.15, 0.2) is 18.2 Å². The smallest absolute Gasteiger partial charge is 0.221 e. The predicted octanol–water partition coefficient (Wildman–Crippen LogP) is 2.86. The van der Waals surface area contributed by atoms with Crippen molar-refractivity contribution in [2.45, 2.75) is 20.3 Å². The molecule has 0 fully saturated rings. The van der Waals surface area contributed by atoms with Gasteiger partial charge in [0.15, 0.2) is 0 Å². The molecule has 1 rings (SSSR count). The molecule has 13 heavy (non-hydrogen) atoms. The molecule has 70 valence electrons. The molecule has 3 heteroatoms. The number of nitrogens with one attached hydrogen (secondary N) is 1. The fraction of sp³-hybridized carbons (Fsp3) is 0.300. The minimum atomic E-state index is -0.102. The molecule has 0 aliphatic carbocycles. The summed E-state index contributed by atoms with van der Waals surface area (Å²) in [6.45, 7) is 3.52. The van der Waals surface area contributed by atoms with Gasteiger partial charge in [-0.15, -0.1) is 0 Å². The van der Waals surface area contributed by atoms with Crippen molar-refractivity contribution in [3.8, 4) is 0 Å². The first-order valence-electron chi connectivity index (χ1n) is 4.19. The van der Waals surface area contributed by atoms with Crippen LogP contribution in [0.5, 0.6) is 0 Å². The number of rotatable bonds is 2. The molecule has 0 atom stereocenters. The molecule has 1 aromatic rings. The van der Waals surface area contributed by atoms with Gasteiger partial charge in [-0.25, -0.2) is 0 Å². The Hall–Kier alpha value is -1.02. The van der Waals surface area contributed by atoms with Crippen molar-refractivity contribution in [3.63, 3.8) is 0 Å². The monoisotopic (exact) mass is 197 g/mol. The first-order chi connectivity index (χ1) is 6.13. The van der Waals surface area contributed by atoms with E-state index >= 15 is 0 Å². The molecule has 0 radical (unpaired) electrons. The zero-order valence-corrected chi connectivity index (χ0v) is 8.48. The number of carbonyl (C=O) groups is 1. The van der Waals surface area contributed by atoms with E-state index in [1.807, 2.05) is 12.1 Å².